The van der Waals surface area contributed by atoms with Crippen LogP contribution in [0.25, 0.3) is 10.8 Å². The number of phenols is 1. The molecule has 2 aromatic rings. The normalized spacial score (nSPS) is 10.4. The maximum absolute atomic E-state index is 11.9. The van der Waals surface area contributed by atoms with Crippen LogP contribution in [0.5, 0.6) is 5.75 Å². The molecule has 0 aromatic heterocycles. The van der Waals surface area contributed by atoms with E-state index in [9.17, 15) is 14.7 Å². The van der Waals surface area contributed by atoms with Crippen molar-refractivity contribution in [3.63, 3.8) is 0 Å². The second kappa shape index (κ2) is 6.16. The van der Waals surface area contributed by atoms with Crippen LogP contribution in [-0.4, -0.2) is 23.3 Å². The molecular weight excluding hydrogens is 256 g/mol. The third-order valence-electron chi connectivity index (χ3n) is 2.91. The molecular formula is C15H16N2O3. The van der Waals surface area contributed by atoms with E-state index in [0.717, 1.165) is 10.8 Å². The number of aromatic hydroxyl groups is 1. The van der Waals surface area contributed by atoms with Crippen LogP contribution in [0.3, 0.4) is 0 Å². The predicted octanol–water partition coefficient (Wildman–Crippen LogP) is 1.76. The van der Waals surface area contributed by atoms with E-state index in [-0.39, 0.29) is 17.1 Å². The summed E-state index contributed by atoms with van der Waals surface area (Å²) >= 11 is 0. The first kappa shape index (κ1) is 14.0. The minimum absolute atomic E-state index is 0.0419. The highest BCUT2D eigenvalue weighted by atomic mass is 16.3. The molecule has 0 aliphatic heterocycles. The van der Waals surface area contributed by atoms with Gasteiger partial charge in [0.05, 0.1) is 5.56 Å². The molecule has 0 atom stereocenters. The van der Waals surface area contributed by atoms with Gasteiger partial charge < -0.3 is 5.11 Å². The van der Waals surface area contributed by atoms with Crippen molar-refractivity contribution >= 4 is 22.5 Å². The summed E-state index contributed by atoms with van der Waals surface area (Å²) in [6.45, 7) is 1.84. The Morgan fingerprint density at radius 3 is 2.45 bits per heavy atom. The van der Waals surface area contributed by atoms with Gasteiger partial charge in [0, 0.05) is 13.0 Å². The molecule has 104 valence electrons. The maximum atomic E-state index is 11.9. The summed E-state index contributed by atoms with van der Waals surface area (Å²) in [7, 11) is 0. The lowest BCUT2D eigenvalue weighted by Gasteiger charge is -2.09. The van der Waals surface area contributed by atoms with Gasteiger partial charge >= 0.3 is 0 Å². The molecule has 5 nitrogen and oxygen atoms in total. The molecule has 0 fully saturated rings. The second-order valence-corrected chi connectivity index (χ2v) is 4.55. The lowest BCUT2D eigenvalue weighted by molar-refractivity contribution is -0.116. The molecule has 0 saturated carbocycles. The van der Waals surface area contributed by atoms with Crippen LogP contribution in [0, 0.1) is 0 Å². The number of rotatable bonds is 5. The van der Waals surface area contributed by atoms with Gasteiger partial charge in [-0.2, -0.15) is 0 Å². The van der Waals surface area contributed by atoms with Crippen LogP contribution >= 0.6 is 0 Å². The van der Waals surface area contributed by atoms with Crippen molar-refractivity contribution in [2.45, 2.75) is 13.3 Å². The van der Waals surface area contributed by atoms with Gasteiger partial charge in [-0.25, -0.2) is 5.43 Å². The molecule has 0 radical (unpaired) electrons. The molecule has 0 saturated heterocycles. The lowest BCUT2D eigenvalue weighted by Crippen LogP contribution is -2.38. The monoisotopic (exact) mass is 272 g/mol. The quantitative estimate of drug-likeness (QED) is 0.572. The Hall–Kier alpha value is -2.40. The van der Waals surface area contributed by atoms with Gasteiger partial charge in [-0.3, -0.25) is 15.0 Å². The molecule has 0 aliphatic rings. The number of phenolic OH excluding ortho intramolecular Hbond substituents is 1. The molecule has 2 rings (SSSR count). The van der Waals surface area contributed by atoms with E-state index in [2.05, 4.69) is 10.9 Å². The molecule has 20 heavy (non-hydrogen) atoms. The summed E-state index contributed by atoms with van der Waals surface area (Å²) in [5.74, 6) is -0.466. The Labute approximate surface area is 116 Å². The van der Waals surface area contributed by atoms with Crippen molar-refractivity contribution in [2.24, 2.45) is 0 Å². The standard InChI is InChI=1S/C15H16N2O3/c1-10(18)6-7-16-17-15(20)13-8-11-4-2-3-5-12(11)9-14(13)19/h2-5,8-9,16,19H,6-7H2,1H3,(H,17,20). The zero-order valence-corrected chi connectivity index (χ0v) is 11.1. The third-order valence-corrected chi connectivity index (χ3v) is 2.91. The number of carbonyl (C=O) groups is 2. The lowest BCUT2D eigenvalue weighted by atomic mass is 10.1. The van der Waals surface area contributed by atoms with Crippen LogP contribution in [0.15, 0.2) is 36.4 Å². The highest BCUT2D eigenvalue weighted by molar-refractivity contribution is 6.01. The molecule has 5 heteroatoms. The summed E-state index contributed by atoms with van der Waals surface area (Å²) in [6.07, 6.45) is 0.337. The molecule has 0 aliphatic carbocycles. The Balaban J connectivity index is 2.09. The molecule has 0 unspecified atom stereocenters. The minimum Gasteiger partial charge on any atom is -0.507 e. The van der Waals surface area contributed by atoms with E-state index < -0.39 is 5.91 Å². The van der Waals surface area contributed by atoms with Gasteiger partial charge in [0.1, 0.15) is 11.5 Å². The number of carbonyl (C=O) groups excluding carboxylic acids is 2. The van der Waals surface area contributed by atoms with Gasteiger partial charge in [0.25, 0.3) is 5.91 Å². The predicted molar refractivity (Wildman–Crippen MR) is 76.4 cm³/mol. The second-order valence-electron chi connectivity index (χ2n) is 4.55. The van der Waals surface area contributed by atoms with Crippen LogP contribution in [0.1, 0.15) is 23.7 Å². The average molecular weight is 272 g/mol. The molecule has 0 heterocycles. The number of benzene rings is 2. The van der Waals surface area contributed by atoms with Crippen molar-refractivity contribution in [2.75, 3.05) is 6.54 Å². The Bertz CT molecular complexity index is 653. The van der Waals surface area contributed by atoms with E-state index in [1.807, 2.05) is 24.3 Å². The first-order chi connectivity index (χ1) is 9.58. The van der Waals surface area contributed by atoms with Crippen LogP contribution in [0.4, 0.5) is 0 Å². The molecule has 0 bridgehead atoms. The van der Waals surface area contributed by atoms with Crippen molar-refractivity contribution in [3.8, 4) is 5.75 Å². The van der Waals surface area contributed by atoms with Gasteiger partial charge in [-0.1, -0.05) is 24.3 Å². The molecule has 0 spiro atoms. The van der Waals surface area contributed by atoms with E-state index in [4.69, 9.17) is 0 Å². The number of fused-ring (bicyclic) bond motifs is 1. The number of hydrazine groups is 1. The number of ketones is 1. The summed E-state index contributed by atoms with van der Waals surface area (Å²) in [5, 5.41) is 11.6. The summed E-state index contributed by atoms with van der Waals surface area (Å²) in [6, 6.07) is 10.7. The molecule has 2 aromatic carbocycles. The minimum atomic E-state index is -0.434. The number of hydrogen-bond acceptors (Lipinski definition) is 4. The van der Waals surface area contributed by atoms with E-state index in [1.54, 1.807) is 12.1 Å². The largest absolute Gasteiger partial charge is 0.507 e. The number of nitrogens with one attached hydrogen (secondary N) is 2. The van der Waals surface area contributed by atoms with Crippen molar-refractivity contribution in [1.29, 1.82) is 0 Å². The fourth-order valence-corrected chi connectivity index (χ4v) is 1.86. The molecule has 3 N–H and O–H groups in total. The summed E-state index contributed by atoms with van der Waals surface area (Å²) in [5.41, 5.74) is 5.31. The Morgan fingerprint density at radius 1 is 1.15 bits per heavy atom. The smallest absolute Gasteiger partial charge is 0.269 e. The fourth-order valence-electron chi connectivity index (χ4n) is 1.86. The third kappa shape index (κ3) is 3.33. The van der Waals surface area contributed by atoms with E-state index >= 15 is 0 Å². The fraction of sp³-hybridized carbons (Fsp3) is 0.200. The SMILES string of the molecule is CC(=O)CCNNC(=O)c1cc2ccccc2cc1O. The highest BCUT2D eigenvalue weighted by Crippen LogP contribution is 2.24. The first-order valence-electron chi connectivity index (χ1n) is 6.32. The van der Waals surface area contributed by atoms with E-state index in [1.165, 1.54) is 6.92 Å². The van der Waals surface area contributed by atoms with Crippen molar-refractivity contribution in [3.05, 3.63) is 42.0 Å². The summed E-state index contributed by atoms with van der Waals surface area (Å²) in [4.78, 5) is 22.7. The number of Topliss-reactive ketones (excluding diaryl/α,β-unsaturated/α-hetero) is 1. The van der Waals surface area contributed by atoms with Crippen LogP contribution in [0.2, 0.25) is 0 Å². The average Bonchev–Trinajstić information content (AvgIpc) is 2.42. The van der Waals surface area contributed by atoms with Crippen molar-refractivity contribution in [1.82, 2.24) is 10.9 Å². The van der Waals surface area contributed by atoms with Gasteiger partial charge in [-0.05, 0) is 29.8 Å². The summed E-state index contributed by atoms with van der Waals surface area (Å²) < 4.78 is 0. The highest BCUT2D eigenvalue weighted by Gasteiger charge is 2.11. The Kier molecular flexibility index (Phi) is 4.32. The van der Waals surface area contributed by atoms with Gasteiger partial charge in [0.15, 0.2) is 0 Å². The number of amides is 1. The van der Waals surface area contributed by atoms with Crippen LogP contribution in [-0.2, 0) is 4.79 Å². The van der Waals surface area contributed by atoms with Crippen LogP contribution < -0.4 is 10.9 Å². The zero-order valence-electron chi connectivity index (χ0n) is 11.1. The zero-order chi connectivity index (χ0) is 14.5. The van der Waals surface area contributed by atoms with Gasteiger partial charge in [0.2, 0.25) is 0 Å². The van der Waals surface area contributed by atoms with Crippen molar-refractivity contribution < 1.29 is 14.7 Å². The van der Waals surface area contributed by atoms with Gasteiger partial charge in [-0.15, -0.1) is 0 Å². The number of hydrogen-bond donors (Lipinski definition) is 3. The molecule has 1 amide bonds. The van der Waals surface area contributed by atoms with E-state index in [0.29, 0.717) is 13.0 Å². The maximum Gasteiger partial charge on any atom is 0.269 e. The topological polar surface area (TPSA) is 78.4 Å². The Morgan fingerprint density at radius 2 is 1.80 bits per heavy atom. The first-order valence-corrected chi connectivity index (χ1v) is 6.32.